The molecule has 2 heterocycles. The summed E-state index contributed by atoms with van der Waals surface area (Å²) in [5, 5.41) is 4.21. The van der Waals surface area contributed by atoms with E-state index in [1.54, 1.807) is 0 Å². The highest BCUT2D eigenvalue weighted by molar-refractivity contribution is 14.1. The van der Waals surface area contributed by atoms with Gasteiger partial charge in [0.15, 0.2) is 0 Å². The van der Waals surface area contributed by atoms with Crippen molar-refractivity contribution >= 4 is 22.6 Å². The summed E-state index contributed by atoms with van der Waals surface area (Å²) in [6.07, 6.45) is 6.64. The number of pyridine rings is 1. The molecule has 0 unspecified atom stereocenters. The zero-order valence-corrected chi connectivity index (χ0v) is 9.76. The van der Waals surface area contributed by atoms with E-state index >= 15 is 0 Å². The van der Waals surface area contributed by atoms with Crippen LogP contribution >= 0.6 is 22.6 Å². The lowest BCUT2D eigenvalue weighted by molar-refractivity contribution is 0.608. The highest BCUT2D eigenvalue weighted by Gasteiger charge is 1.96. The molecule has 0 saturated heterocycles. The van der Waals surface area contributed by atoms with Crippen molar-refractivity contribution in [1.82, 2.24) is 14.8 Å². The summed E-state index contributed by atoms with van der Waals surface area (Å²) in [6, 6.07) is 5.98. The topological polar surface area (TPSA) is 30.7 Å². The van der Waals surface area contributed by atoms with Gasteiger partial charge in [-0.15, -0.1) is 0 Å². The third-order valence-corrected chi connectivity index (χ3v) is 2.48. The zero-order valence-electron chi connectivity index (χ0n) is 7.60. The summed E-state index contributed by atoms with van der Waals surface area (Å²) in [5.41, 5.74) is 1.11. The van der Waals surface area contributed by atoms with Gasteiger partial charge < -0.3 is 0 Å². The summed E-state index contributed by atoms with van der Waals surface area (Å²) in [4.78, 5) is 4.26. The maximum absolute atomic E-state index is 4.26. The van der Waals surface area contributed by atoms with E-state index in [1.165, 1.54) is 3.57 Å². The fourth-order valence-corrected chi connectivity index (χ4v) is 1.68. The van der Waals surface area contributed by atoms with Crippen LogP contribution in [0.15, 0.2) is 36.8 Å². The van der Waals surface area contributed by atoms with Crippen LogP contribution in [0.2, 0.25) is 0 Å². The maximum atomic E-state index is 4.26. The van der Waals surface area contributed by atoms with Gasteiger partial charge in [-0.25, -0.2) is 0 Å². The molecule has 0 fully saturated rings. The normalized spacial score (nSPS) is 10.4. The molecular formula is C10H10IN3. The van der Waals surface area contributed by atoms with Crippen LogP contribution in [0.4, 0.5) is 0 Å². The molecule has 2 aromatic heterocycles. The molecule has 14 heavy (non-hydrogen) atoms. The minimum absolute atomic E-state index is 0.889. The van der Waals surface area contributed by atoms with E-state index in [9.17, 15) is 0 Å². The van der Waals surface area contributed by atoms with E-state index in [0.29, 0.717) is 0 Å². The quantitative estimate of drug-likeness (QED) is 0.813. The Hall–Kier alpha value is -0.910. The van der Waals surface area contributed by atoms with E-state index in [1.807, 2.05) is 41.5 Å². The standard InChI is InChI=1S/C10H10IN3/c11-9-7-13-14(8-9)6-4-10-3-1-2-5-12-10/h1-3,5,7-8H,4,6H2. The third kappa shape index (κ3) is 2.54. The molecule has 72 valence electrons. The van der Waals surface area contributed by atoms with Crippen LogP contribution < -0.4 is 0 Å². The molecule has 0 bridgehead atoms. The summed E-state index contributed by atoms with van der Waals surface area (Å²) >= 11 is 2.26. The number of rotatable bonds is 3. The van der Waals surface area contributed by atoms with Crippen molar-refractivity contribution < 1.29 is 0 Å². The Kier molecular flexibility index (Phi) is 3.13. The third-order valence-electron chi connectivity index (χ3n) is 1.92. The maximum Gasteiger partial charge on any atom is 0.0623 e. The molecule has 0 saturated carbocycles. The lowest BCUT2D eigenvalue weighted by atomic mass is 10.3. The highest BCUT2D eigenvalue weighted by Crippen LogP contribution is 2.02. The van der Waals surface area contributed by atoms with Gasteiger partial charge in [0.25, 0.3) is 0 Å². The van der Waals surface area contributed by atoms with Gasteiger partial charge in [-0.3, -0.25) is 9.67 Å². The molecule has 0 radical (unpaired) electrons. The second kappa shape index (κ2) is 4.54. The fourth-order valence-electron chi connectivity index (χ4n) is 1.24. The molecule has 0 aliphatic rings. The van der Waals surface area contributed by atoms with Crippen molar-refractivity contribution in [1.29, 1.82) is 0 Å². The van der Waals surface area contributed by atoms with Gasteiger partial charge in [-0.1, -0.05) is 6.07 Å². The van der Waals surface area contributed by atoms with Gasteiger partial charge in [0.05, 0.1) is 9.77 Å². The molecular weight excluding hydrogens is 289 g/mol. The summed E-state index contributed by atoms with van der Waals surface area (Å²) < 4.78 is 3.11. The van der Waals surface area contributed by atoms with E-state index in [2.05, 4.69) is 32.7 Å². The molecule has 3 nitrogen and oxygen atoms in total. The number of aromatic nitrogens is 3. The van der Waals surface area contributed by atoms with Gasteiger partial charge in [-0.05, 0) is 34.7 Å². The van der Waals surface area contributed by atoms with E-state index < -0.39 is 0 Å². The Balaban J connectivity index is 1.95. The Bertz CT molecular complexity index is 397. The average Bonchev–Trinajstić information content (AvgIpc) is 2.63. The predicted molar refractivity (Wildman–Crippen MR) is 62.9 cm³/mol. The van der Waals surface area contributed by atoms with Crippen molar-refractivity contribution in [3.05, 3.63) is 46.1 Å². The lowest BCUT2D eigenvalue weighted by Crippen LogP contribution is -2.02. The molecule has 0 aliphatic carbocycles. The van der Waals surface area contributed by atoms with Crippen LogP contribution in [0.1, 0.15) is 5.69 Å². The van der Waals surface area contributed by atoms with Crippen LogP contribution in [0.3, 0.4) is 0 Å². The molecule has 4 heteroatoms. The minimum Gasteiger partial charge on any atom is -0.271 e. The Morgan fingerprint density at radius 1 is 1.36 bits per heavy atom. The highest BCUT2D eigenvalue weighted by atomic mass is 127. The van der Waals surface area contributed by atoms with Crippen LogP contribution in [-0.4, -0.2) is 14.8 Å². The summed E-state index contributed by atoms with van der Waals surface area (Å²) in [5.74, 6) is 0. The van der Waals surface area contributed by atoms with Gasteiger partial charge in [0, 0.05) is 31.1 Å². The Morgan fingerprint density at radius 3 is 2.93 bits per heavy atom. The Morgan fingerprint density at radius 2 is 2.29 bits per heavy atom. The van der Waals surface area contributed by atoms with Crippen molar-refractivity contribution in [3.63, 3.8) is 0 Å². The minimum atomic E-state index is 0.889. The van der Waals surface area contributed by atoms with Crippen molar-refractivity contribution in [2.75, 3.05) is 0 Å². The Labute approximate surface area is 96.3 Å². The van der Waals surface area contributed by atoms with E-state index in [0.717, 1.165) is 18.7 Å². The number of nitrogens with zero attached hydrogens (tertiary/aromatic N) is 3. The van der Waals surface area contributed by atoms with Gasteiger partial charge in [0.2, 0.25) is 0 Å². The molecule has 0 aromatic carbocycles. The van der Waals surface area contributed by atoms with Gasteiger partial charge in [-0.2, -0.15) is 5.10 Å². The van der Waals surface area contributed by atoms with E-state index in [4.69, 9.17) is 0 Å². The monoisotopic (exact) mass is 299 g/mol. The molecule has 0 spiro atoms. The molecule has 0 N–H and O–H groups in total. The first-order valence-corrected chi connectivity index (χ1v) is 5.50. The van der Waals surface area contributed by atoms with Crippen LogP contribution in [-0.2, 0) is 13.0 Å². The van der Waals surface area contributed by atoms with Crippen molar-refractivity contribution in [2.45, 2.75) is 13.0 Å². The molecule has 0 atom stereocenters. The van der Waals surface area contributed by atoms with Gasteiger partial charge >= 0.3 is 0 Å². The average molecular weight is 299 g/mol. The largest absolute Gasteiger partial charge is 0.271 e. The first kappa shape index (κ1) is 9.64. The summed E-state index contributed by atoms with van der Waals surface area (Å²) in [7, 11) is 0. The summed E-state index contributed by atoms with van der Waals surface area (Å²) in [6.45, 7) is 0.889. The van der Waals surface area contributed by atoms with Crippen LogP contribution in [0.25, 0.3) is 0 Å². The predicted octanol–water partition coefficient (Wildman–Crippen LogP) is 2.13. The molecule has 2 aromatic rings. The van der Waals surface area contributed by atoms with Crippen LogP contribution in [0.5, 0.6) is 0 Å². The number of hydrogen-bond acceptors (Lipinski definition) is 2. The lowest BCUT2D eigenvalue weighted by Gasteiger charge is -2.00. The van der Waals surface area contributed by atoms with E-state index in [-0.39, 0.29) is 0 Å². The number of hydrogen-bond donors (Lipinski definition) is 0. The number of aryl methyl sites for hydroxylation is 2. The second-order valence-corrected chi connectivity index (χ2v) is 4.24. The fraction of sp³-hybridized carbons (Fsp3) is 0.200. The van der Waals surface area contributed by atoms with Gasteiger partial charge in [0.1, 0.15) is 0 Å². The second-order valence-electron chi connectivity index (χ2n) is 2.99. The van der Waals surface area contributed by atoms with Crippen molar-refractivity contribution in [2.24, 2.45) is 0 Å². The number of halogens is 1. The zero-order chi connectivity index (χ0) is 9.80. The molecule has 0 amide bonds. The van der Waals surface area contributed by atoms with Crippen LogP contribution in [0, 0.1) is 3.57 Å². The molecule has 2 rings (SSSR count). The first-order chi connectivity index (χ1) is 6.84. The molecule has 0 aliphatic heterocycles. The first-order valence-electron chi connectivity index (χ1n) is 4.42. The SMILES string of the molecule is Ic1cnn(CCc2ccccn2)c1. The smallest absolute Gasteiger partial charge is 0.0623 e. The van der Waals surface area contributed by atoms with Crippen molar-refractivity contribution in [3.8, 4) is 0 Å².